The molecule has 1 aliphatic rings. The third-order valence-corrected chi connectivity index (χ3v) is 6.00. The second-order valence-corrected chi connectivity index (χ2v) is 7.77. The van der Waals surface area contributed by atoms with E-state index in [0.717, 1.165) is 31.3 Å². The van der Waals surface area contributed by atoms with Gasteiger partial charge in [-0.05, 0) is 31.5 Å². The Bertz CT molecular complexity index is 789. The van der Waals surface area contributed by atoms with E-state index in [9.17, 15) is 8.42 Å². The second kappa shape index (κ2) is 7.57. The Kier molecular flexibility index (Phi) is 5.45. The predicted octanol–water partition coefficient (Wildman–Crippen LogP) is 1.62. The highest BCUT2D eigenvalue weighted by molar-refractivity contribution is 7.89. The summed E-state index contributed by atoms with van der Waals surface area (Å²) < 4.78 is 33.4. The summed E-state index contributed by atoms with van der Waals surface area (Å²) in [6, 6.07) is 7.22. The molecule has 2 heterocycles. The highest BCUT2D eigenvalue weighted by Gasteiger charge is 2.26. The molecule has 1 atom stereocenters. The number of nitrogens with zero attached hydrogens (tertiary/aromatic N) is 2. The van der Waals surface area contributed by atoms with E-state index in [1.54, 1.807) is 37.7 Å². The number of hydrogen-bond acceptors (Lipinski definition) is 5. The third-order valence-electron chi connectivity index (χ3n) is 4.52. The summed E-state index contributed by atoms with van der Waals surface area (Å²) in [5, 5.41) is 1.52. The van der Waals surface area contributed by atoms with Crippen LogP contribution < -0.4 is 4.72 Å². The number of pyridine rings is 1. The topological polar surface area (TPSA) is 71.5 Å². The first-order valence-corrected chi connectivity index (χ1v) is 9.65. The maximum absolute atomic E-state index is 12.7. The number of fused-ring (bicyclic) bond motifs is 1. The van der Waals surface area contributed by atoms with Gasteiger partial charge in [-0.15, -0.1) is 0 Å². The van der Waals surface area contributed by atoms with Crippen molar-refractivity contribution in [2.45, 2.75) is 23.8 Å². The number of aromatic nitrogens is 1. The minimum atomic E-state index is -3.55. The summed E-state index contributed by atoms with van der Waals surface area (Å²) in [7, 11) is -1.87. The molecule has 0 radical (unpaired) electrons. The van der Waals surface area contributed by atoms with E-state index in [1.165, 1.54) is 0 Å². The van der Waals surface area contributed by atoms with Crippen molar-refractivity contribution < 1.29 is 13.2 Å². The van der Waals surface area contributed by atoms with Gasteiger partial charge in [0.1, 0.15) is 0 Å². The second-order valence-electron chi connectivity index (χ2n) is 6.03. The maximum Gasteiger partial charge on any atom is 0.241 e. The molecule has 7 heteroatoms. The van der Waals surface area contributed by atoms with Crippen molar-refractivity contribution in [3.05, 3.63) is 36.7 Å². The molecule has 0 amide bonds. The van der Waals surface area contributed by atoms with Crippen LogP contribution in [0.2, 0.25) is 0 Å². The number of methoxy groups -OCH3 is 1. The molecule has 1 fully saturated rings. The Morgan fingerprint density at radius 1 is 1.38 bits per heavy atom. The highest BCUT2D eigenvalue weighted by Crippen LogP contribution is 2.22. The van der Waals surface area contributed by atoms with Gasteiger partial charge in [-0.25, -0.2) is 13.1 Å². The predicted molar refractivity (Wildman–Crippen MR) is 93.4 cm³/mol. The van der Waals surface area contributed by atoms with Crippen LogP contribution >= 0.6 is 0 Å². The van der Waals surface area contributed by atoms with E-state index in [0.29, 0.717) is 23.4 Å². The Labute approximate surface area is 142 Å². The summed E-state index contributed by atoms with van der Waals surface area (Å²) in [5.41, 5.74) is 0. The lowest BCUT2D eigenvalue weighted by Gasteiger charge is -2.24. The molecule has 1 saturated heterocycles. The Morgan fingerprint density at radius 3 is 3.08 bits per heavy atom. The molecule has 0 saturated carbocycles. The Balaban J connectivity index is 1.74. The molecule has 3 rings (SSSR count). The van der Waals surface area contributed by atoms with Gasteiger partial charge in [0.05, 0.1) is 11.5 Å². The zero-order chi connectivity index (χ0) is 17.0. The molecule has 1 aromatic carbocycles. The molecule has 0 bridgehead atoms. The minimum absolute atomic E-state index is 0.228. The lowest BCUT2D eigenvalue weighted by molar-refractivity contribution is 0.141. The third kappa shape index (κ3) is 3.75. The van der Waals surface area contributed by atoms with E-state index in [-0.39, 0.29) is 6.04 Å². The number of hydrogen-bond donors (Lipinski definition) is 1. The number of likely N-dealkylation sites (tertiary alicyclic amines) is 1. The number of benzene rings is 1. The zero-order valence-electron chi connectivity index (χ0n) is 13.8. The molecule has 1 N–H and O–H groups in total. The van der Waals surface area contributed by atoms with Crippen LogP contribution in [0.3, 0.4) is 0 Å². The lowest BCUT2D eigenvalue weighted by atomic mass is 10.2. The van der Waals surface area contributed by atoms with E-state index in [2.05, 4.69) is 14.6 Å². The normalized spacial score (nSPS) is 19.1. The fraction of sp³-hybridized carbons (Fsp3) is 0.471. The van der Waals surface area contributed by atoms with Crippen molar-refractivity contribution >= 4 is 20.8 Å². The summed E-state index contributed by atoms with van der Waals surface area (Å²) in [5.74, 6) is 0. The van der Waals surface area contributed by atoms with Crippen LogP contribution in [0.25, 0.3) is 10.8 Å². The van der Waals surface area contributed by atoms with Crippen LogP contribution in [0.4, 0.5) is 0 Å². The van der Waals surface area contributed by atoms with E-state index in [4.69, 9.17) is 4.74 Å². The van der Waals surface area contributed by atoms with E-state index < -0.39 is 10.0 Å². The fourth-order valence-electron chi connectivity index (χ4n) is 3.24. The van der Waals surface area contributed by atoms with Gasteiger partial charge in [-0.2, -0.15) is 0 Å². The standard InChI is InChI=1S/C17H23N3O3S/c1-23-11-10-20-9-3-5-15(20)13-19-24(21,22)17-6-2-4-14-12-18-8-7-16(14)17/h2,4,6-8,12,15,19H,3,5,9-11,13H2,1H3/t15-/m0/s1. The van der Waals surface area contributed by atoms with E-state index in [1.807, 2.05) is 6.07 Å². The molecule has 0 spiro atoms. The number of rotatable bonds is 7. The van der Waals surface area contributed by atoms with Crippen molar-refractivity contribution in [3.8, 4) is 0 Å². The quantitative estimate of drug-likeness (QED) is 0.822. The van der Waals surface area contributed by atoms with Gasteiger partial charge in [0.25, 0.3) is 0 Å². The van der Waals surface area contributed by atoms with Crippen LogP contribution in [-0.4, -0.2) is 57.7 Å². The number of sulfonamides is 1. The monoisotopic (exact) mass is 349 g/mol. The molecule has 0 aliphatic carbocycles. The first kappa shape index (κ1) is 17.3. The number of ether oxygens (including phenoxy) is 1. The van der Waals surface area contributed by atoms with Crippen molar-refractivity contribution in [3.63, 3.8) is 0 Å². The average Bonchev–Trinajstić information content (AvgIpc) is 3.05. The van der Waals surface area contributed by atoms with Crippen LogP contribution in [0, 0.1) is 0 Å². The fourth-order valence-corrected chi connectivity index (χ4v) is 4.54. The average molecular weight is 349 g/mol. The first-order valence-electron chi connectivity index (χ1n) is 8.17. The SMILES string of the molecule is COCCN1CCC[C@H]1CNS(=O)(=O)c1cccc2cnccc12. The smallest absolute Gasteiger partial charge is 0.241 e. The lowest BCUT2D eigenvalue weighted by Crippen LogP contribution is -2.41. The van der Waals surface area contributed by atoms with Crippen molar-refractivity contribution in [1.29, 1.82) is 0 Å². The molecule has 1 aliphatic heterocycles. The molecule has 2 aromatic rings. The van der Waals surface area contributed by atoms with Gasteiger partial charge >= 0.3 is 0 Å². The molecule has 0 unspecified atom stereocenters. The van der Waals surface area contributed by atoms with Gasteiger partial charge in [-0.3, -0.25) is 9.88 Å². The zero-order valence-corrected chi connectivity index (χ0v) is 14.6. The highest BCUT2D eigenvalue weighted by atomic mass is 32.2. The van der Waals surface area contributed by atoms with Gasteiger partial charge in [0.15, 0.2) is 0 Å². The van der Waals surface area contributed by atoms with Gasteiger partial charge in [-0.1, -0.05) is 12.1 Å². The van der Waals surface area contributed by atoms with Crippen LogP contribution in [0.15, 0.2) is 41.6 Å². The Hall–Kier alpha value is -1.54. The summed E-state index contributed by atoms with van der Waals surface area (Å²) in [6.07, 6.45) is 5.39. The van der Waals surface area contributed by atoms with Crippen LogP contribution in [0.5, 0.6) is 0 Å². The molecule has 24 heavy (non-hydrogen) atoms. The molecule has 1 aromatic heterocycles. The Morgan fingerprint density at radius 2 is 2.25 bits per heavy atom. The molecular weight excluding hydrogens is 326 g/mol. The maximum atomic E-state index is 12.7. The molecule has 6 nitrogen and oxygen atoms in total. The first-order chi connectivity index (χ1) is 11.6. The van der Waals surface area contributed by atoms with E-state index >= 15 is 0 Å². The van der Waals surface area contributed by atoms with Crippen molar-refractivity contribution in [2.75, 3.05) is 33.4 Å². The summed E-state index contributed by atoms with van der Waals surface area (Å²) in [4.78, 5) is 6.65. The van der Waals surface area contributed by atoms with Gasteiger partial charge < -0.3 is 4.74 Å². The van der Waals surface area contributed by atoms with Crippen molar-refractivity contribution in [2.24, 2.45) is 0 Å². The minimum Gasteiger partial charge on any atom is -0.383 e. The largest absolute Gasteiger partial charge is 0.383 e. The molecule has 130 valence electrons. The van der Waals surface area contributed by atoms with Crippen molar-refractivity contribution in [1.82, 2.24) is 14.6 Å². The van der Waals surface area contributed by atoms with Crippen LogP contribution in [-0.2, 0) is 14.8 Å². The van der Waals surface area contributed by atoms with Gasteiger partial charge in [0.2, 0.25) is 10.0 Å². The number of nitrogens with one attached hydrogen (secondary N) is 1. The molecular formula is C17H23N3O3S. The summed E-state index contributed by atoms with van der Waals surface area (Å²) in [6.45, 7) is 2.92. The summed E-state index contributed by atoms with van der Waals surface area (Å²) >= 11 is 0. The van der Waals surface area contributed by atoms with Gasteiger partial charge in [0, 0.05) is 49.4 Å². The van der Waals surface area contributed by atoms with Crippen LogP contribution in [0.1, 0.15) is 12.8 Å².